The lowest BCUT2D eigenvalue weighted by molar-refractivity contribution is 0.0689. The molecule has 0 spiro atoms. The molecular formula is C9H7NO3S. The summed E-state index contributed by atoms with van der Waals surface area (Å²) < 4.78 is 5.24. The first-order valence-electron chi connectivity index (χ1n) is 3.93. The van der Waals surface area contributed by atoms with E-state index in [9.17, 15) is 4.79 Å². The molecular weight excluding hydrogens is 202 g/mol. The number of thiophene rings is 1. The predicted octanol–water partition coefficient (Wildman–Crippen LogP) is 2.41. The van der Waals surface area contributed by atoms with Crippen LogP contribution in [-0.4, -0.2) is 16.1 Å². The van der Waals surface area contributed by atoms with Crippen LogP contribution in [0.2, 0.25) is 0 Å². The maximum atomic E-state index is 10.7. The molecule has 0 aliphatic carbocycles. The molecule has 2 rings (SSSR count). The van der Waals surface area contributed by atoms with E-state index in [-0.39, 0.29) is 5.69 Å². The lowest BCUT2D eigenvalue weighted by Gasteiger charge is -1.84. The molecule has 0 aliphatic rings. The van der Waals surface area contributed by atoms with Gasteiger partial charge in [0.25, 0.3) is 0 Å². The van der Waals surface area contributed by atoms with E-state index >= 15 is 0 Å². The van der Waals surface area contributed by atoms with E-state index in [2.05, 4.69) is 4.98 Å². The fourth-order valence-electron chi connectivity index (χ4n) is 1.10. The lowest BCUT2D eigenvalue weighted by Crippen LogP contribution is -1.98. The first-order valence-corrected chi connectivity index (χ1v) is 4.81. The van der Waals surface area contributed by atoms with Gasteiger partial charge in [0.2, 0.25) is 5.89 Å². The molecule has 1 N–H and O–H groups in total. The van der Waals surface area contributed by atoms with Crippen molar-refractivity contribution in [1.29, 1.82) is 0 Å². The normalized spacial score (nSPS) is 10.4. The first kappa shape index (κ1) is 8.96. The summed E-state index contributed by atoms with van der Waals surface area (Å²) in [5.74, 6) is -0.357. The van der Waals surface area contributed by atoms with Crippen LogP contribution in [0.1, 0.15) is 16.2 Å². The first-order chi connectivity index (χ1) is 6.68. The van der Waals surface area contributed by atoms with Gasteiger partial charge in [0, 0.05) is 0 Å². The Bertz CT molecular complexity index is 458. The summed E-state index contributed by atoms with van der Waals surface area (Å²) in [6.07, 6.45) is 0. The Labute approximate surface area is 83.8 Å². The molecule has 0 unspecified atom stereocenters. The maximum absolute atomic E-state index is 10.7. The van der Waals surface area contributed by atoms with Crippen LogP contribution in [0.3, 0.4) is 0 Å². The van der Waals surface area contributed by atoms with Crippen LogP contribution in [0.5, 0.6) is 0 Å². The molecule has 0 atom stereocenters. The minimum Gasteiger partial charge on any atom is -0.476 e. The molecule has 0 saturated heterocycles. The number of carboxylic acids is 1. The third-order valence-corrected chi connectivity index (χ3v) is 2.59. The Kier molecular flexibility index (Phi) is 2.09. The summed E-state index contributed by atoms with van der Waals surface area (Å²) in [4.78, 5) is 15.4. The van der Waals surface area contributed by atoms with E-state index in [0.29, 0.717) is 11.7 Å². The molecule has 0 aromatic carbocycles. The van der Waals surface area contributed by atoms with Crippen molar-refractivity contribution in [2.45, 2.75) is 6.92 Å². The molecule has 2 heterocycles. The van der Waals surface area contributed by atoms with Gasteiger partial charge in [-0.05, 0) is 18.4 Å². The van der Waals surface area contributed by atoms with Crippen LogP contribution >= 0.6 is 11.3 Å². The zero-order valence-corrected chi connectivity index (χ0v) is 8.17. The van der Waals surface area contributed by atoms with Crippen LogP contribution in [0, 0.1) is 6.92 Å². The van der Waals surface area contributed by atoms with Gasteiger partial charge in [-0.2, -0.15) is 0 Å². The molecule has 0 bridgehead atoms. The zero-order valence-electron chi connectivity index (χ0n) is 7.35. The average molecular weight is 209 g/mol. The summed E-state index contributed by atoms with van der Waals surface area (Å²) >= 11 is 1.46. The van der Waals surface area contributed by atoms with Crippen LogP contribution in [-0.2, 0) is 0 Å². The van der Waals surface area contributed by atoms with E-state index in [1.165, 1.54) is 11.3 Å². The highest BCUT2D eigenvalue weighted by Crippen LogP contribution is 2.25. The third kappa shape index (κ3) is 1.42. The van der Waals surface area contributed by atoms with Crippen LogP contribution in [0.15, 0.2) is 21.9 Å². The van der Waals surface area contributed by atoms with E-state index in [1.807, 2.05) is 17.5 Å². The largest absolute Gasteiger partial charge is 0.476 e. The fraction of sp³-hybridized carbons (Fsp3) is 0.111. The molecule has 4 nitrogen and oxygen atoms in total. The van der Waals surface area contributed by atoms with Gasteiger partial charge in [0.1, 0.15) is 5.76 Å². The minimum atomic E-state index is -1.06. The van der Waals surface area contributed by atoms with Gasteiger partial charge in [0.05, 0.1) is 4.88 Å². The van der Waals surface area contributed by atoms with E-state index in [4.69, 9.17) is 9.52 Å². The maximum Gasteiger partial charge on any atom is 0.358 e. The summed E-state index contributed by atoms with van der Waals surface area (Å²) in [6.45, 7) is 1.59. The van der Waals surface area contributed by atoms with Crippen molar-refractivity contribution < 1.29 is 14.3 Å². The number of aromatic carboxylic acids is 1. The Balaban J connectivity index is 2.48. The van der Waals surface area contributed by atoms with Crippen molar-refractivity contribution in [3.63, 3.8) is 0 Å². The number of nitrogens with zero attached hydrogens (tertiary/aromatic N) is 1. The summed E-state index contributed by atoms with van der Waals surface area (Å²) in [5.41, 5.74) is -0.0200. The standard InChI is InChI=1S/C9H7NO3S/c1-5-7(9(11)12)10-8(13-5)6-3-2-4-14-6/h2-4H,1H3,(H,11,12). The molecule has 5 heteroatoms. The summed E-state index contributed by atoms with van der Waals surface area (Å²) in [5, 5.41) is 10.6. The number of aromatic nitrogens is 1. The lowest BCUT2D eigenvalue weighted by atomic mass is 10.4. The van der Waals surface area contributed by atoms with Crippen molar-refractivity contribution in [3.05, 3.63) is 29.0 Å². The fourth-order valence-corrected chi connectivity index (χ4v) is 1.75. The molecule has 2 aromatic rings. The number of hydrogen-bond donors (Lipinski definition) is 1. The number of aryl methyl sites for hydroxylation is 1. The second-order valence-corrected chi connectivity index (χ2v) is 3.65. The topological polar surface area (TPSA) is 63.3 Å². The number of carbonyl (C=O) groups is 1. The number of oxazole rings is 1. The van der Waals surface area contributed by atoms with Crippen LogP contribution < -0.4 is 0 Å². The van der Waals surface area contributed by atoms with Gasteiger partial charge in [0.15, 0.2) is 5.69 Å². The molecule has 0 radical (unpaired) electrons. The number of rotatable bonds is 2. The van der Waals surface area contributed by atoms with Crippen molar-refractivity contribution in [3.8, 4) is 10.8 Å². The van der Waals surface area contributed by atoms with Gasteiger partial charge in [-0.3, -0.25) is 0 Å². The van der Waals surface area contributed by atoms with Crippen molar-refractivity contribution >= 4 is 17.3 Å². The quantitative estimate of drug-likeness (QED) is 0.824. The Morgan fingerprint density at radius 1 is 1.64 bits per heavy atom. The molecule has 0 amide bonds. The predicted molar refractivity (Wildman–Crippen MR) is 51.5 cm³/mol. The van der Waals surface area contributed by atoms with E-state index in [0.717, 1.165) is 4.88 Å². The molecule has 14 heavy (non-hydrogen) atoms. The van der Waals surface area contributed by atoms with Crippen molar-refractivity contribution in [1.82, 2.24) is 4.98 Å². The molecule has 0 aliphatic heterocycles. The number of hydrogen-bond acceptors (Lipinski definition) is 4. The monoisotopic (exact) mass is 209 g/mol. The van der Waals surface area contributed by atoms with Gasteiger partial charge >= 0.3 is 5.97 Å². The van der Waals surface area contributed by atoms with Crippen molar-refractivity contribution in [2.24, 2.45) is 0 Å². The third-order valence-electron chi connectivity index (χ3n) is 1.73. The van der Waals surface area contributed by atoms with E-state index < -0.39 is 5.97 Å². The van der Waals surface area contributed by atoms with Crippen LogP contribution in [0.4, 0.5) is 0 Å². The SMILES string of the molecule is Cc1oc(-c2cccs2)nc1C(=O)O. The second kappa shape index (κ2) is 3.26. The van der Waals surface area contributed by atoms with Gasteiger partial charge in [-0.15, -0.1) is 11.3 Å². The molecule has 0 saturated carbocycles. The molecule has 2 aromatic heterocycles. The van der Waals surface area contributed by atoms with Gasteiger partial charge in [-0.25, -0.2) is 9.78 Å². The minimum absolute atomic E-state index is 0.0200. The Hall–Kier alpha value is -1.62. The van der Waals surface area contributed by atoms with Crippen LogP contribution in [0.25, 0.3) is 10.8 Å². The highest BCUT2D eigenvalue weighted by Gasteiger charge is 2.16. The Morgan fingerprint density at radius 2 is 2.43 bits per heavy atom. The average Bonchev–Trinajstić information content (AvgIpc) is 2.70. The molecule has 72 valence electrons. The summed E-state index contributed by atoms with van der Waals surface area (Å²) in [7, 11) is 0. The van der Waals surface area contributed by atoms with Crippen molar-refractivity contribution in [2.75, 3.05) is 0 Å². The zero-order chi connectivity index (χ0) is 10.1. The Morgan fingerprint density at radius 3 is 2.93 bits per heavy atom. The highest BCUT2D eigenvalue weighted by atomic mass is 32.1. The smallest absolute Gasteiger partial charge is 0.358 e. The van der Waals surface area contributed by atoms with Gasteiger partial charge < -0.3 is 9.52 Å². The molecule has 0 fully saturated rings. The summed E-state index contributed by atoms with van der Waals surface area (Å²) in [6, 6.07) is 3.70. The van der Waals surface area contributed by atoms with E-state index in [1.54, 1.807) is 6.92 Å². The highest BCUT2D eigenvalue weighted by molar-refractivity contribution is 7.13. The second-order valence-electron chi connectivity index (χ2n) is 2.71. The number of carboxylic acid groups (broad SMARTS) is 1. The van der Waals surface area contributed by atoms with Gasteiger partial charge in [-0.1, -0.05) is 6.07 Å².